The average Bonchev–Trinajstić information content (AvgIpc) is 3.38. The molecule has 0 amide bonds. The van der Waals surface area contributed by atoms with Crippen LogP contribution in [0.25, 0.3) is 0 Å². The Kier molecular flexibility index (Phi) is 41.4. The number of esters is 2. The molecule has 2 rings (SSSR count). The second-order valence-corrected chi connectivity index (χ2v) is 20.8. The van der Waals surface area contributed by atoms with Gasteiger partial charge in [0.25, 0.3) is 0 Å². The summed E-state index contributed by atoms with van der Waals surface area (Å²) in [5, 5.41) is 72.3. The van der Waals surface area contributed by atoms with E-state index < -0.39 is 92.7 Å². The average molecular weight is 1040 g/mol. The molecule has 0 aromatic carbocycles. The highest BCUT2D eigenvalue weighted by Gasteiger charge is 2.47. The van der Waals surface area contributed by atoms with E-state index in [1.54, 1.807) is 0 Å². The third-order valence-corrected chi connectivity index (χ3v) is 14.2. The Hall–Kier alpha value is -2.02. The third kappa shape index (κ3) is 32.4. The Morgan fingerprint density at radius 3 is 1.27 bits per heavy atom. The van der Waals surface area contributed by atoms with Crippen molar-refractivity contribution in [2.45, 2.75) is 306 Å². The van der Waals surface area contributed by atoms with Gasteiger partial charge in [-0.25, -0.2) is 0 Å². The molecule has 73 heavy (non-hydrogen) atoms. The number of unbranched alkanes of at least 4 members (excludes halogenated alkanes) is 29. The highest BCUT2D eigenvalue weighted by atomic mass is 16.7. The summed E-state index contributed by atoms with van der Waals surface area (Å²) < 4.78 is 33.7. The van der Waals surface area contributed by atoms with Crippen molar-refractivity contribution in [3.8, 4) is 0 Å². The second-order valence-electron chi connectivity index (χ2n) is 20.8. The van der Waals surface area contributed by atoms with Crippen molar-refractivity contribution in [1.82, 2.24) is 0 Å². The summed E-state index contributed by atoms with van der Waals surface area (Å²) in [6, 6.07) is 0. The lowest BCUT2D eigenvalue weighted by molar-refractivity contribution is -0.332. The smallest absolute Gasteiger partial charge is 0.306 e. The van der Waals surface area contributed by atoms with E-state index in [1.807, 2.05) is 0 Å². The van der Waals surface area contributed by atoms with Gasteiger partial charge in [-0.15, -0.1) is 0 Å². The van der Waals surface area contributed by atoms with Crippen LogP contribution in [0, 0.1) is 0 Å². The lowest BCUT2D eigenvalue weighted by Gasteiger charge is -2.42. The first-order chi connectivity index (χ1) is 35.5. The van der Waals surface area contributed by atoms with Crippen LogP contribution in [0.5, 0.6) is 0 Å². The predicted molar refractivity (Wildman–Crippen MR) is 284 cm³/mol. The molecule has 0 aromatic rings. The van der Waals surface area contributed by atoms with Crippen LogP contribution in [-0.4, -0.2) is 142 Å². The van der Waals surface area contributed by atoms with E-state index in [-0.39, 0.29) is 26.1 Å². The van der Waals surface area contributed by atoms with Crippen molar-refractivity contribution < 1.29 is 73.8 Å². The fourth-order valence-electron chi connectivity index (χ4n) is 9.37. The number of rotatable bonds is 47. The molecule has 15 heteroatoms. The Bertz CT molecular complexity index is 1360. The van der Waals surface area contributed by atoms with Crippen molar-refractivity contribution in [1.29, 1.82) is 0 Å². The van der Waals surface area contributed by atoms with Crippen LogP contribution in [0.15, 0.2) is 24.3 Å². The van der Waals surface area contributed by atoms with Gasteiger partial charge in [0.2, 0.25) is 0 Å². The van der Waals surface area contributed by atoms with E-state index in [0.717, 1.165) is 51.4 Å². The molecule has 0 radical (unpaired) electrons. The quantitative estimate of drug-likeness (QED) is 0.0171. The first-order valence-corrected chi connectivity index (χ1v) is 29.4. The van der Waals surface area contributed by atoms with Gasteiger partial charge in [-0.3, -0.25) is 9.59 Å². The molecule has 2 heterocycles. The van der Waals surface area contributed by atoms with Crippen molar-refractivity contribution >= 4 is 11.9 Å². The molecule has 2 saturated heterocycles. The van der Waals surface area contributed by atoms with Gasteiger partial charge < -0.3 is 64.2 Å². The summed E-state index contributed by atoms with van der Waals surface area (Å²) in [6.45, 7) is 2.62. The van der Waals surface area contributed by atoms with Crippen molar-refractivity contribution in [3.05, 3.63) is 24.3 Å². The Labute approximate surface area is 441 Å². The molecule has 0 saturated carbocycles. The van der Waals surface area contributed by atoms with Gasteiger partial charge in [-0.05, 0) is 44.9 Å². The predicted octanol–water partition coefficient (Wildman–Crippen LogP) is 9.89. The maximum absolute atomic E-state index is 13.1. The van der Waals surface area contributed by atoms with E-state index in [0.29, 0.717) is 12.8 Å². The summed E-state index contributed by atoms with van der Waals surface area (Å²) in [6.07, 6.45) is 32.0. The number of hydrogen-bond acceptors (Lipinski definition) is 15. The largest absolute Gasteiger partial charge is 0.462 e. The van der Waals surface area contributed by atoms with Gasteiger partial charge in [0.05, 0.1) is 19.8 Å². The fraction of sp³-hybridized carbons (Fsp3) is 0.897. The molecule has 0 aromatic heterocycles. The zero-order chi connectivity index (χ0) is 53.2. The molecule has 2 aliphatic heterocycles. The first kappa shape index (κ1) is 67.1. The number of aliphatic hydroxyl groups is 7. The topological polar surface area (TPSA) is 231 Å². The Morgan fingerprint density at radius 2 is 0.822 bits per heavy atom. The summed E-state index contributed by atoms with van der Waals surface area (Å²) in [5.74, 6) is -0.915. The molecule has 0 spiro atoms. The number of carbonyl (C=O) groups is 2. The van der Waals surface area contributed by atoms with Crippen LogP contribution < -0.4 is 0 Å². The number of allylic oxidation sites excluding steroid dienone is 4. The molecule has 2 aliphatic rings. The number of hydrogen-bond donors (Lipinski definition) is 7. The summed E-state index contributed by atoms with van der Waals surface area (Å²) in [5.41, 5.74) is 0. The fourth-order valence-corrected chi connectivity index (χ4v) is 9.37. The zero-order valence-corrected chi connectivity index (χ0v) is 45.6. The van der Waals surface area contributed by atoms with E-state index >= 15 is 0 Å². The highest BCUT2D eigenvalue weighted by Crippen LogP contribution is 2.27. The van der Waals surface area contributed by atoms with Crippen molar-refractivity contribution in [2.75, 3.05) is 26.4 Å². The van der Waals surface area contributed by atoms with Gasteiger partial charge in [-0.1, -0.05) is 205 Å². The molecular formula is C58H106O15. The number of aliphatic hydroxyl groups excluding tert-OH is 7. The summed E-state index contributed by atoms with van der Waals surface area (Å²) in [4.78, 5) is 25.9. The van der Waals surface area contributed by atoms with E-state index in [1.165, 1.54) is 148 Å². The van der Waals surface area contributed by atoms with Gasteiger partial charge >= 0.3 is 11.9 Å². The Morgan fingerprint density at radius 1 is 0.438 bits per heavy atom. The van der Waals surface area contributed by atoms with E-state index in [2.05, 4.69) is 38.2 Å². The second kappa shape index (κ2) is 45.0. The van der Waals surface area contributed by atoms with Crippen LogP contribution in [0.1, 0.15) is 239 Å². The number of carbonyl (C=O) groups excluding carboxylic acids is 2. The molecular weight excluding hydrogens is 937 g/mol. The van der Waals surface area contributed by atoms with E-state index in [9.17, 15) is 45.3 Å². The van der Waals surface area contributed by atoms with Gasteiger partial charge in [0.1, 0.15) is 55.4 Å². The summed E-state index contributed by atoms with van der Waals surface area (Å²) >= 11 is 0. The molecule has 11 atom stereocenters. The molecule has 0 aliphatic carbocycles. The molecule has 428 valence electrons. The standard InChI is InChI=1S/C58H106O15/c1-3-5-7-9-11-13-15-17-19-20-21-22-23-24-25-26-27-29-31-33-35-37-39-41-50(61)71-46(43-68-49(60)40-38-36-34-32-30-28-18-16-14-12-10-8-6-4-2)44-69-57-56(67)54(65)52(63)48(73-57)45-70-58-55(66)53(64)51(62)47(42-59)72-58/h15,17,20-21,46-48,51-59,62-67H,3-14,16,18-19,22-45H2,1-2H3/b17-15-,21-20-. The van der Waals surface area contributed by atoms with Gasteiger partial charge in [0, 0.05) is 12.8 Å². The zero-order valence-electron chi connectivity index (χ0n) is 45.6. The maximum Gasteiger partial charge on any atom is 0.306 e. The lowest BCUT2D eigenvalue weighted by atomic mass is 9.98. The van der Waals surface area contributed by atoms with Crippen molar-refractivity contribution in [2.24, 2.45) is 0 Å². The molecule has 11 unspecified atom stereocenters. The van der Waals surface area contributed by atoms with Crippen LogP contribution in [0.2, 0.25) is 0 Å². The van der Waals surface area contributed by atoms with E-state index in [4.69, 9.17) is 28.4 Å². The minimum atomic E-state index is -1.76. The minimum Gasteiger partial charge on any atom is -0.462 e. The molecule has 15 nitrogen and oxygen atoms in total. The first-order valence-electron chi connectivity index (χ1n) is 29.4. The number of ether oxygens (including phenoxy) is 6. The van der Waals surface area contributed by atoms with Crippen LogP contribution in [0.3, 0.4) is 0 Å². The van der Waals surface area contributed by atoms with Gasteiger partial charge in [-0.2, -0.15) is 0 Å². The van der Waals surface area contributed by atoms with Crippen molar-refractivity contribution in [3.63, 3.8) is 0 Å². The van der Waals surface area contributed by atoms with Crippen LogP contribution in [-0.2, 0) is 38.0 Å². The van der Waals surface area contributed by atoms with Gasteiger partial charge in [0.15, 0.2) is 18.7 Å². The van der Waals surface area contributed by atoms with Crippen LogP contribution in [0.4, 0.5) is 0 Å². The molecule has 0 bridgehead atoms. The normalized spacial score (nSPS) is 24.9. The lowest BCUT2D eigenvalue weighted by Crippen LogP contribution is -2.61. The maximum atomic E-state index is 13.1. The highest BCUT2D eigenvalue weighted by molar-refractivity contribution is 5.70. The SMILES string of the molecule is CCCCCCC/C=C\C/C=C\CCCCCCCCCCCCCC(=O)OC(COC(=O)CCCCCCCCCCCCCCCC)COC1OC(COC2OC(CO)C(O)C(O)C2O)C(O)C(O)C1O. The molecule has 7 N–H and O–H groups in total. The third-order valence-electron chi connectivity index (χ3n) is 14.2. The van der Waals surface area contributed by atoms with Crippen LogP contribution >= 0.6 is 0 Å². The monoisotopic (exact) mass is 1040 g/mol. The summed E-state index contributed by atoms with van der Waals surface area (Å²) in [7, 11) is 0. The Balaban J connectivity index is 1.73. The minimum absolute atomic E-state index is 0.166. The molecule has 2 fully saturated rings.